The van der Waals surface area contributed by atoms with Crippen LogP contribution < -0.4 is 10.1 Å². The van der Waals surface area contributed by atoms with E-state index in [0.29, 0.717) is 0 Å². The van der Waals surface area contributed by atoms with Gasteiger partial charge in [0, 0.05) is 10.2 Å². The van der Waals surface area contributed by atoms with Crippen molar-refractivity contribution in [2.45, 2.75) is 26.1 Å². The number of amides is 1. The molecule has 0 aliphatic rings. The molecule has 0 aliphatic carbocycles. The molecule has 0 saturated carbocycles. The molecule has 1 amide bonds. The van der Waals surface area contributed by atoms with Crippen LogP contribution in [0.4, 0.5) is 23.2 Å². The lowest BCUT2D eigenvalue weighted by Crippen LogP contribution is -2.33. The Morgan fingerprint density at radius 2 is 1.78 bits per heavy atom. The summed E-state index contributed by atoms with van der Waals surface area (Å²) in [7, 11) is 0. The Morgan fingerprint density at radius 1 is 1.19 bits per heavy atom. The highest BCUT2D eigenvalue weighted by molar-refractivity contribution is 9.10. The van der Waals surface area contributed by atoms with E-state index < -0.39 is 36.2 Å². The van der Waals surface area contributed by atoms with Crippen molar-refractivity contribution in [1.29, 1.82) is 0 Å². The van der Waals surface area contributed by atoms with Crippen molar-refractivity contribution in [3.05, 3.63) is 58.3 Å². The highest BCUT2D eigenvalue weighted by atomic mass is 79.9. The molecule has 2 rings (SSSR count). The maximum atomic E-state index is 12.8. The number of anilines is 1. The summed E-state index contributed by atoms with van der Waals surface area (Å²) in [5, 5.41) is 11.9. The molecule has 2 N–H and O–H groups in total. The fraction of sp³-hybridized carbons (Fsp3) is 0.278. The van der Waals surface area contributed by atoms with Crippen molar-refractivity contribution in [1.82, 2.24) is 0 Å². The monoisotopic (exact) mass is 451 g/mol. The van der Waals surface area contributed by atoms with Gasteiger partial charge in [-0.3, -0.25) is 4.79 Å². The van der Waals surface area contributed by atoms with Crippen LogP contribution in [-0.4, -0.2) is 23.7 Å². The molecule has 0 aliphatic heterocycles. The van der Waals surface area contributed by atoms with Crippen molar-refractivity contribution >= 4 is 27.5 Å². The summed E-state index contributed by atoms with van der Waals surface area (Å²) in [5.41, 5.74) is -1.08. The number of carbonyl (C=O) groups excluding carboxylic acids is 1. The number of aliphatic hydroxyl groups excluding tert-OH is 1. The van der Waals surface area contributed by atoms with Crippen molar-refractivity contribution in [2.75, 3.05) is 11.9 Å². The second-order valence-corrected chi connectivity index (χ2v) is 5.82. The number of hydrogen-bond acceptors (Lipinski definition) is 3. The number of aliphatic hydroxyl groups is 1. The van der Waals surface area contributed by atoms with E-state index in [2.05, 4.69) is 21.2 Å². The van der Waals surface area contributed by atoms with E-state index in [4.69, 9.17) is 4.74 Å². The first-order valence-electron chi connectivity index (χ1n) is 7.91. The van der Waals surface area contributed by atoms with Crippen LogP contribution in [0, 0.1) is 5.82 Å². The Bertz CT molecular complexity index is 751. The van der Waals surface area contributed by atoms with Gasteiger partial charge >= 0.3 is 6.18 Å². The van der Waals surface area contributed by atoms with Gasteiger partial charge in [-0.2, -0.15) is 13.2 Å². The third-order valence-corrected chi connectivity index (χ3v) is 3.75. The molecule has 0 spiro atoms. The van der Waals surface area contributed by atoms with Gasteiger partial charge in [-0.1, -0.05) is 29.8 Å². The average Bonchev–Trinajstić information content (AvgIpc) is 2.63. The molecule has 0 fully saturated rings. The Morgan fingerprint density at radius 3 is 2.33 bits per heavy atom. The molecule has 0 aromatic heterocycles. The lowest BCUT2D eigenvalue weighted by Gasteiger charge is -2.15. The number of benzene rings is 2. The summed E-state index contributed by atoms with van der Waals surface area (Å²) in [6, 6.07) is 8.04. The number of rotatable bonds is 5. The summed E-state index contributed by atoms with van der Waals surface area (Å²) in [6.07, 6.45) is -6.22. The molecule has 2 aromatic rings. The van der Waals surface area contributed by atoms with Gasteiger partial charge in [-0.25, -0.2) is 4.39 Å². The molecule has 1 atom stereocenters. The molecule has 9 heteroatoms. The first-order chi connectivity index (χ1) is 12.7. The lowest BCUT2D eigenvalue weighted by atomic mass is 10.2. The highest BCUT2D eigenvalue weighted by Crippen LogP contribution is 2.36. The Balaban J connectivity index is 0.00000176. The van der Waals surface area contributed by atoms with E-state index in [1.54, 1.807) is 0 Å². The quantitative estimate of drug-likeness (QED) is 0.628. The van der Waals surface area contributed by atoms with Gasteiger partial charge in [0.05, 0.1) is 5.56 Å². The van der Waals surface area contributed by atoms with E-state index in [0.717, 1.165) is 24.3 Å². The summed E-state index contributed by atoms with van der Waals surface area (Å²) in [6.45, 7) is 3.56. The Labute approximate surface area is 162 Å². The molecular formula is C18H18BrF4NO3. The van der Waals surface area contributed by atoms with Gasteiger partial charge in [0.25, 0.3) is 5.91 Å². The first kappa shape index (κ1) is 22.9. The topological polar surface area (TPSA) is 58.6 Å². The third-order valence-electron chi connectivity index (χ3n) is 3.06. The zero-order valence-electron chi connectivity index (χ0n) is 14.5. The SMILES string of the molecule is CC.O=C(Nc1ccc(Br)c(C(F)(F)F)c1)[C@@H](O)COc1ccc(F)cc1. The van der Waals surface area contributed by atoms with E-state index in [1.807, 2.05) is 13.8 Å². The normalized spacial score (nSPS) is 11.9. The van der Waals surface area contributed by atoms with E-state index in [1.165, 1.54) is 18.2 Å². The Kier molecular flexibility index (Phi) is 8.71. The first-order valence-corrected chi connectivity index (χ1v) is 8.70. The van der Waals surface area contributed by atoms with Gasteiger partial charge in [-0.05, 0) is 42.5 Å². The molecule has 0 heterocycles. The average molecular weight is 452 g/mol. The van der Waals surface area contributed by atoms with E-state index >= 15 is 0 Å². The molecule has 27 heavy (non-hydrogen) atoms. The van der Waals surface area contributed by atoms with Crippen LogP contribution in [0.15, 0.2) is 46.9 Å². The van der Waals surface area contributed by atoms with Crippen molar-refractivity contribution in [3.63, 3.8) is 0 Å². The Hall–Kier alpha value is -2.13. The van der Waals surface area contributed by atoms with Crippen LogP contribution >= 0.6 is 15.9 Å². The minimum Gasteiger partial charge on any atom is -0.490 e. The van der Waals surface area contributed by atoms with Crippen molar-refractivity contribution < 1.29 is 32.2 Å². The van der Waals surface area contributed by atoms with Gasteiger partial charge in [-0.15, -0.1) is 0 Å². The predicted octanol–water partition coefficient (Wildman–Crippen LogP) is 5.01. The van der Waals surface area contributed by atoms with Crippen LogP contribution in [0.1, 0.15) is 19.4 Å². The minimum absolute atomic E-state index is 0.124. The number of carbonyl (C=O) groups is 1. The fourth-order valence-electron chi connectivity index (χ4n) is 1.83. The van der Waals surface area contributed by atoms with Crippen LogP contribution in [0.25, 0.3) is 0 Å². The van der Waals surface area contributed by atoms with Crippen LogP contribution in [0.3, 0.4) is 0 Å². The van der Waals surface area contributed by atoms with Gasteiger partial charge in [0.1, 0.15) is 18.2 Å². The molecule has 4 nitrogen and oxygen atoms in total. The van der Waals surface area contributed by atoms with E-state index in [-0.39, 0.29) is 15.9 Å². The number of hydrogen-bond donors (Lipinski definition) is 2. The zero-order chi connectivity index (χ0) is 20.6. The number of halogens is 5. The van der Waals surface area contributed by atoms with Crippen molar-refractivity contribution in [3.8, 4) is 5.75 Å². The largest absolute Gasteiger partial charge is 0.490 e. The summed E-state index contributed by atoms with van der Waals surface area (Å²) in [5.74, 6) is -1.17. The molecule has 0 saturated heterocycles. The number of alkyl halides is 3. The fourth-order valence-corrected chi connectivity index (χ4v) is 2.30. The summed E-state index contributed by atoms with van der Waals surface area (Å²) < 4.78 is 56.2. The highest BCUT2D eigenvalue weighted by Gasteiger charge is 2.33. The standard InChI is InChI=1S/C16H12BrF4NO3.C2H6/c17-13-6-3-10(7-12(13)16(19,20)21)22-15(24)14(23)8-25-11-4-1-9(18)2-5-11;1-2/h1-7,14,23H,8H2,(H,22,24);1-2H3/t14-;/m0./s1. The minimum atomic E-state index is -4.59. The molecule has 148 valence electrons. The van der Waals surface area contributed by atoms with Crippen LogP contribution in [0.2, 0.25) is 0 Å². The van der Waals surface area contributed by atoms with Gasteiger partial charge in [0.15, 0.2) is 6.10 Å². The van der Waals surface area contributed by atoms with Gasteiger partial charge < -0.3 is 15.2 Å². The lowest BCUT2D eigenvalue weighted by molar-refractivity contribution is -0.138. The molecular weight excluding hydrogens is 434 g/mol. The maximum absolute atomic E-state index is 12.8. The predicted molar refractivity (Wildman–Crippen MR) is 97.0 cm³/mol. The van der Waals surface area contributed by atoms with Crippen LogP contribution in [0.5, 0.6) is 5.75 Å². The van der Waals surface area contributed by atoms with Crippen molar-refractivity contribution in [2.24, 2.45) is 0 Å². The third kappa shape index (κ3) is 7.18. The number of nitrogens with one attached hydrogen (secondary N) is 1. The molecule has 0 bridgehead atoms. The smallest absolute Gasteiger partial charge is 0.417 e. The van der Waals surface area contributed by atoms with Crippen LogP contribution in [-0.2, 0) is 11.0 Å². The number of ether oxygens (including phenoxy) is 1. The second-order valence-electron chi connectivity index (χ2n) is 4.96. The maximum Gasteiger partial charge on any atom is 0.417 e. The second kappa shape index (κ2) is 10.3. The molecule has 0 radical (unpaired) electrons. The zero-order valence-corrected chi connectivity index (χ0v) is 16.1. The van der Waals surface area contributed by atoms with Gasteiger partial charge in [0.2, 0.25) is 0 Å². The van der Waals surface area contributed by atoms with E-state index in [9.17, 15) is 27.5 Å². The molecule has 2 aromatic carbocycles. The summed E-state index contributed by atoms with van der Waals surface area (Å²) >= 11 is 2.79. The molecule has 0 unspecified atom stereocenters. The summed E-state index contributed by atoms with van der Waals surface area (Å²) in [4.78, 5) is 11.8.